The van der Waals surface area contributed by atoms with Crippen molar-refractivity contribution in [2.24, 2.45) is 5.92 Å². The second-order valence-electron chi connectivity index (χ2n) is 9.34. The molecule has 1 aliphatic carbocycles. The van der Waals surface area contributed by atoms with Crippen LogP contribution in [0.25, 0.3) is 10.9 Å². The van der Waals surface area contributed by atoms with Gasteiger partial charge in [-0.3, -0.25) is 14.4 Å². The molecule has 1 saturated heterocycles. The Bertz CT molecular complexity index is 1420. The highest BCUT2D eigenvalue weighted by Gasteiger charge is 2.56. The number of fused-ring (bicyclic) bond motifs is 2. The Morgan fingerprint density at radius 2 is 1.86 bits per heavy atom. The van der Waals surface area contributed by atoms with Crippen LogP contribution in [-0.4, -0.2) is 55.3 Å². The molecule has 0 unspecified atom stereocenters. The van der Waals surface area contributed by atoms with Crippen LogP contribution in [0, 0.1) is 5.92 Å². The number of hydrogen-bond acceptors (Lipinski definition) is 4. The van der Waals surface area contributed by atoms with E-state index >= 15 is 0 Å². The molecule has 0 spiro atoms. The zero-order chi connectivity index (χ0) is 25.7. The molecule has 0 radical (unpaired) electrons. The number of Topliss-reactive ketones (excluding diaryl/α,β-unsaturated/α-hetero) is 1. The standard InChI is InChI=1S/C26H23ClFN3O5/c1-14(32)20-12-29(24-18(20)6-3-7-19(24)26(35)36)13-23(33)31-21-9-16(21)10-22(31)25(34)30(28)11-15-4-2-5-17(27)8-15/h2-8,12,16,21-22H,9-11,13H2,1H3,(H,35,36)/t16-,21-,22+/m1/s1. The van der Waals surface area contributed by atoms with Crippen LogP contribution in [0.3, 0.4) is 0 Å². The molecule has 1 N–H and O–H groups in total. The van der Waals surface area contributed by atoms with E-state index in [0.29, 0.717) is 28.0 Å². The number of halogens is 2. The third kappa shape index (κ3) is 4.24. The first-order valence-corrected chi connectivity index (χ1v) is 11.9. The fraction of sp³-hybridized carbons (Fsp3) is 0.308. The Kier molecular flexibility index (Phi) is 6.04. The normalized spacial score (nSPS) is 20.3. The van der Waals surface area contributed by atoms with E-state index in [2.05, 4.69) is 0 Å². The van der Waals surface area contributed by atoms with E-state index in [-0.39, 0.29) is 47.0 Å². The van der Waals surface area contributed by atoms with Crippen LogP contribution in [-0.2, 0) is 22.7 Å². The van der Waals surface area contributed by atoms with Crippen LogP contribution in [0.2, 0.25) is 5.02 Å². The molecule has 1 aliphatic heterocycles. The number of carbonyl (C=O) groups is 4. The molecule has 2 amide bonds. The molecule has 2 fully saturated rings. The number of likely N-dealkylation sites (tertiary alicyclic amines) is 1. The monoisotopic (exact) mass is 511 g/mol. The summed E-state index contributed by atoms with van der Waals surface area (Å²) in [4.78, 5) is 51.9. The number of ketones is 1. The highest BCUT2D eigenvalue weighted by atomic mass is 35.5. The molecule has 2 aliphatic rings. The van der Waals surface area contributed by atoms with E-state index in [4.69, 9.17) is 11.6 Å². The Balaban J connectivity index is 1.41. The molecule has 1 aromatic heterocycles. The zero-order valence-corrected chi connectivity index (χ0v) is 20.1. The molecule has 3 aromatic rings. The number of carbonyl (C=O) groups excluding carboxylic acids is 3. The van der Waals surface area contributed by atoms with Crippen molar-refractivity contribution in [1.29, 1.82) is 0 Å². The van der Waals surface area contributed by atoms with Crippen molar-refractivity contribution in [2.75, 3.05) is 0 Å². The molecule has 3 atom stereocenters. The SMILES string of the molecule is CC(=O)c1cn(CC(=O)N2[C@@H]3C[C@@H]3C[C@H]2C(=O)N(F)Cc2cccc(Cl)c2)c2c(C(=O)O)cccc12. The van der Waals surface area contributed by atoms with Gasteiger partial charge in [-0.1, -0.05) is 40.3 Å². The van der Waals surface area contributed by atoms with Gasteiger partial charge in [0.2, 0.25) is 5.91 Å². The molecule has 2 aromatic carbocycles. The van der Waals surface area contributed by atoms with E-state index in [9.17, 15) is 28.8 Å². The summed E-state index contributed by atoms with van der Waals surface area (Å²) in [6.45, 7) is 0.801. The number of carboxylic acids is 1. The molecule has 8 nitrogen and oxygen atoms in total. The summed E-state index contributed by atoms with van der Waals surface area (Å²) in [6.07, 6.45) is 2.58. The summed E-state index contributed by atoms with van der Waals surface area (Å²) in [5, 5.41) is 10.6. The maximum absolute atomic E-state index is 14.9. The van der Waals surface area contributed by atoms with E-state index < -0.39 is 23.8 Å². The average Bonchev–Trinajstić information content (AvgIpc) is 3.33. The second kappa shape index (κ2) is 9.05. The smallest absolute Gasteiger partial charge is 0.337 e. The number of benzene rings is 2. The van der Waals surface area contributed by atoms with Gasteiger partial charge in [-0.15, -0.1) is 0 Å². The first-order chi connectivity index (χ1) is 17.2. The Morgan fingerprint density at radius 3 is 2.56 bits per heavy atom. The van der Waals surface area contributed by atoms with E-state index in [0.717, 1.165) is 6.42 Å². The van der Waals surface area contributed by atoms with Gasteiger partial charge in [0, 0.05) is 28.2 Å². The van der Waals surface area contributed by atoms with Crippen molar-refractivity contribution in [3.05, 3.63) is 70.4 Å². The highest BCUT2D eigenvalue weighted by molar-refractivity contribution is 6.30. The first-order valence-electron chi connectivity index (χ1n) is 11.5. The second-order valence-corrected chi connectivity index (χ2v) is 9.77. The van der Waals surface area contributed by atoms with Gasteiger partial charge in [-0.2, -0.15) is 5.12 Å². The van der Waals surface area contributed by atoms with E-state index in [1.165, 1.54) is 28.7 Å². The summed E-state index contributed by atoms with van der Waals surface area (Å²) < 4.78 is 16.3. The van der Waals surface area contributed by atoms with Gasteiger partial charge in [0.1, 0.15) is 12.6 Å². The number of aromatic nitrogens is 1. The summed E-state index contributed by atoms with van der Waals surface area (Å²) >= 11 is 5.96. The van der Waals surface area contributed by atoms with Crippen LogP contribution >= 0.6 is 11.6 Å². The lowest BCUT2D eigenvalue weighted by atomic mass is 10.1. The Hall–Kier alpha value is -3.72. The number of hydrogen-bond donors (Lipinski definition) is 1. The Morgan fingerprint density at radius 1 is 1.11 bits per heavy atom. The Labute approximate surface area is 210 Å². The lowest BCUT2D eigenvalue weighted by Crippen LogP contribution is -2.48. The van der Waals surface area contributed by atoms with Crippen molar-refractivity contribution in [1.82, 2.24) is 14.6 Å². The van der Waals surface area contributed by atoms with Crippen LogP contribution < -0.4 is 0 Å². The van der Waals surface area contributed by atoms with Gasteiger partial charge in [-0.05, 0) is 49.4 Å². The predicted octanol–water partition coefficient (Wildman–Crippen LogP) is 4.10. The quantitative estimate of drug-likeness (QED) is 0.380. The number of amides is 2. The van der Waals surface area contributed by atoms with Crippen LogP contribution in [0.5, 0.6) is 0 Å². The summed E-state index contributed by atoms with van der Waals surface area (Å²) in [5.41, 5.74) is 1.04. The van der Waals surface area contributed by atoms with E-state index in [1.807, 2.05) is 0 Å². The minimum Gasteiger partial charge on any atom is -0.478 e. The third-order valence-electron chi connectivity index (χ3n) is 6.94. The van der Waals surface area contributed by atoms with Gasteiger partial charge in [0.15, 0.2) is 5.78 Å². The van der Waals surface area contributed by atoms with Crippen LogP contribution in [0.15, 0.2) is 48.7 Å². The maximum Gasteiger partial charge on any atom is 0.337 e. The summed E-state index contributed by atoms with van der Waals surface area (Å²) in [5.74, 6) is -2.55. The van der Waals surface area contributed by atoms with Crippen LogP contribution in [0.1, 0.15) is 46.0 Å². The maximum atomic E-state index is 14.9. The van der Waals surface area contributed by atoms with Gasteiger partial charge < -0.3 is 14.6 Å². The fourth-order valence-corrected chi connectivity index (χ4v) is 5.45. The number of rotatable bonds is 7. The summed E-state index contributed by atoms with van der Waals surface area (Å²) in [7, 11) is 0. The molecule has 0 bridgehead atoms. The lowest BCUT2D eigenvalue weighted by molar-refractivity contribution is -0.157. The molecular weight excluding hydrogens is 489 g/mol. The first kappa shape index (κ1) is 24.0. The van der Waals surface area contributed by atoms with Crippen molar-refractivity contribution >= 4 is 46.1 Å². The fourth-order valence-electron chi connectivity index (χ4n) is 5.24. The number of nitrogens with zero attached hydrogens (tertiary/aromatic N) is 3. The highest BCUT2D eigenvalue weighted by Crippen LogP contribution is 2.48. The minimum absolute atomic E-state index is 0.0393. The van der Waals surface area contributed by atoms with Crippen molar-refractivity contribution in [2.45, 2.75) is 44.9 Å². The number of para-hydroxylation sites is 1. The van der Waals surface area contributed by atoms with Gasteiger partial charge >= 0.3 is 5.97 Å². The van der Waals surface area contributed by atoms with Crippen molar-refractivity contribution in [3.8, 4) is 0 Å². The molecule has 10 heteroatoms. The van der Waals surface area contributed by atoms with Crippen molar-refractivity contribution < 1.29 is 28.8 Å². The topological polar surface area (TPSA) is 99.9 Å². The third-order valence-corrected chi connectivity index (χ3v) is 7.18. The molecule has 186 valence electrons. The minimum atomic E-state index is -1.19. The van der Waals surface area contributed by atoms with Gasteiger partial charge in [-0.25, -0.2) is 4.79 Å². The molecule has 36 heavy (non-hydrogen) atoms. The molecule has 2 heterocycles. The summed E-state index contributed by atoms with van der Waals surface area (Å²) in [6, 6.07) is 10.0. The number of piperidine rings is 1. The molecular formula is C26H23ClFN3O5. The molecule has 5 rings (SSSR count). The lowest BCUT2D eigenvalue weighted by Gasteiger charge is -2.28. The number of aromatic carboxylic acids is 1. The van der Waals surface area contributed by atoms with Crippen molar-refractivity contribution in [3.63, 3.8) is 0 Å². The largest absolute Gasteiger partial charge is 0.478 e. The number of carboxylic acid groups (broad SMARTS) is 1. The van der Waals surface area contributed by atoms with Gasteiger partial charge in [0.25, 0.3) is 5.91 Å². The zero-order valence-electron chi connectivity index (χ0n) is 19.4. The van der Waals surface area contributed by atoms with E-state index in [1.54, 1.807) is 36.4 Å². The predicted molar refractivity (Wildman–Crippen MR) is 129 cm³/mol. The van der Waals surface area contributed by atoms with Gasteiger partial charge in [0.05, 0.1) is 17.6 Å². The van der Waals surface area contributed by atoms with Crippen LogP contribution in [0.4, 0.5) is 4.48 Å². The average molecular weight is 512 g/mol. The molecule has 1 saturated carbocycles.